The number of anilines is 1. The molecule has 1 amide bonds. The molecule has 1 fully saturated rings. The van der Waals surface area contributed by atoms with E-state index in [9.17, 15) is 4.79 Å². The summed E-state index contributed by atoms with van der Waals surface area (Å²) in [4.78, 5) is 34.3. The number of aryl methyl sites for hydroxylation is 1. The number of aromatic nitrogens is 5. The fourth-order valence-electron chi connectivity index (χ4n) is 4.14. The molecule has 0 radical (unpaired) electrons. The number of pyridine rings is 1. The zero-order chi connectivity index (χ0) is 24.9. The van der Waals surface area contributed by atoms with Crippen LogP contribution in [0.3, 0.4) is 0 Å². The first-order valence-corrected chi connectivity index (χ1v) is 11.9. The number of hydrogen-bond donors (Lipinski definition) is 0. The second-order valence-electron chi connectivity index (χ2n) is 8.87. The maximum absolute atomic E-state index is 12.7. The van der Waals surface area contributed by atoms with Crippen LogP contribution >= 0.6 is 0 Å². The van der Waals surface area contributed by atoms with Crippen molar-refractivity contribution < 1.29 is 14.3 Å². The lowest BCUT2D eigenvalue weighted by molar-refractivity contribution is -0.140. The van der Waals surface area contributed by atoms with E-state index in [0.29, 0.717) is 49.6 Å². The molecule has 0 spiro atoms. The zero-order valence-electron chi connectivity index (χ0n) is 20.4. The monoisotopic (exact) mass is 487 g/mol. The molecule has 10 heteroatoms. The Morgan fingerprint density at radius 2 is 2.00 bits per heavy atom. The first kappa shape index (κ1) is 23.7. The molecule has 1 saturated heterocycles. The Kier molecular flexibility index (Phi) is 7.03. The molecule has 0 bridgehead atoms. The van der Waals surface area contributed by atoms with Gasteiger partial charge in [-0.05, 0) is 18.2 Å². The maximum atomic E-state index is 12.7. The molecule has 1 atom stereocenters. The highest BCUT2D eigenvalue weighted by Crippen LogP contribution is 2.28. The highest BCUT2D eigenvalue weighted by atomic mass is 16.5. The maximum Gasteiger partial charge on any atom is 0.242 e. The summed E-state index contributed by atoms with van der Waals surface area (Å²) >= 11 is 0. The highest BCUT2D eigenvalue weighted by Gasteiger charge is 2.25. The molecule has 1 aromatic carbocycles. The normalized spacial score (nSPS) is 15.7. The molecule has 4 heterocycles. The van der Waals surface area contributed by atoms with Crippen molar-refractivity contribution in [1.82, 2.24) is 29.4 Å². The van der Waals surface area contributed by atoms with E-state index in [0.717, 1.165) is 16.9 Å². The quantitative estimate of drug-likeness (QED) is 0.374. The second-order valence-corrected chi connectivity index (χ2v) is 8.87. The first-order valence-electron chi connectivity index (χ1n) is 11.9. The van der Waals surface area contributed by atoms with Crippen molar-refractivity contribution in [3.8, 4) is 17.1 Å². The molecule has 1 unspecified atom stereocenters. The zero-order valence-corrected chi connectivity index (χ0v) is 20.4. The third kappa shape index (κ3) is 5.44. The molecule has 5 rings (SSSR count). The Morgan fingerprint density at radius 3 is 2.78 bits per heavy atom. The summed E-state index contributed by atoms with van der Waals surface area (Å²) in [7, 11) is 4.01. The Balaban J connectivity index is 1.28. The number of carbonyl (C=O) groups excluding carboxylic acids is 1. The summed E-state index contributed by atoms with van der Waals surface area (Å²) in [5.41, 5.74) is 4.12. The number of carbonyl (C=O) groups is 1. The minimum atomic E-state index is -0.257. The Bertz CT molecular complexity index is 1310. The van der Waals surface area contributed by atoms with Gasteiger partial charge in [-0.1, -0.05) is 12.1 Å². The minimum absolute atomic E-state index is 0.0922. The summed E-state index contributed by atoms with van der Waals surface area (Å²) in [6, 6.07) is 10.1. The van der Waals surface area contributed by atoms with Crippen LogP contribution in [0.4, 0.5) is 5.69 Å². The number of rotatable bonds is 8. The Labute approximate surface area is 209 Å². The van der Waals surface area contributed by atoms with E-state index >= 15 is 0 Å². The van der Waals surface area contributed by atoms with Crippen LogP contribution in [0.25, 0.3) is 22.3 Å². The van der Waals surface area contributed by atoms with Gasteiger partial charge < -0.3 is 23.8 Å². The van der Waals surface area contributed by atoms with Crippen LogP contribution in [-0.4, -0.2) is 81.8 Å². The lowest BCUT2D eigenvalue weighted by Crippen LogP contribution is -2.47. The SMILES string of the molecule is CN(C)c1ccc(-c2cc3nccnc3c(OCC3CN(C(=O)CCn4ccnc4)CCO3)n2)cc1. The number of ether oxygens (including phenoxy) is 2. The van der Waals surface area contributed by atoms with Gasteiger partial charge in [0.1, 0.15) is 12.7 Å². The number of fused-ring (bicyclic) bond motifs is 1. The van der Waals surface area contributed by atoms with E-state index in [2.05, 4.69) is 15.0 Å². The van der Waals surface area contributed by atoms with E-state index < -0.39 is 0 Å². The van der Waals surface area contributed by atoms with Gasteiger partial charge in [0, 0.05) is 69.6 Å². The van der Waals surface area contributed by atoms with Gasteiger partial charge in [-0.2, -0.15) is 0 Å². The Morgan fingerprint density at radius 1 is 1.17 bits per heavy atom. The van der Waals surface area contributed by atoms with Crippen LogP contribution in [0.15, 0.2) is 61.4 Å². The number of morpholine rings is 1. The summed E-state index contributed by atoms with van der Waals surface area (Å²) in [5.74, 6) is 0.494. The van der Waals surface area contributed by atoms with Gasteiger partial charge in [0.25, 0.3) is 0 Å². The second kappa shape index (κ2) is 10.7. The number of imidazole rings is 1. The van der Waals surface area contributed by atoms with Crippen LogP contribution in [-0.2, 0) is 16.1 Å². The third-order valence-electron chi connectivity index (χ3n) is 6.14. The summed E-state index contributed by atoms with van der Waals surface area (Å²) in [6.45, 7) is 2.38. The van der Waals surface area contributed by atoms with Gasteiger partial charge in [0.15, 0.2) is 5.52 Å². The average Bonchev–Trinajstić information content (AvgIpc) is 3.44. The van der Waals surface area contributed by atoms with Crippen LogP contribution in [0, 0.1) is 0 Å². The van der Waals surface area contributed by atoms with Crippen LogP contribution < -0.4 is 9.64 Å². The fourth-order valence-corrected chi connectivity index (χ4v) is 4.14. The lowest BCUT2D eigenvalue weighted by atomic mass is 10.1. The molecule has 4 aromatic rings. The van der Waals surface area contributed by atoms with E-state index in [1.807, 2.05) is 65.0 Å². The molecular formula is C26H29N7O3. The summed E-state index contributed by atoms with van der Waals surface area (Å²) in [5, 5.41) is 0. The molecule has 0 saturated carbocycles. The van der Waals surface area contributed by atoms with Gasteiger partial charge in [0.05, 0.1) is 30.7 Å². The van der Waals surface area contributed by atoms with Crippen LogP contribution in [0.1, 0.15) is 6.42 Å². The van der Waals surface area contributed by atoms with Gasteiger partial charge in [-0.25, -0.2) is 15.0 Å². The minimum Gasteiger partial charge on any atom is -0.473 e. The van der Waals surface area contributed by atoms with E-state index in [1.165, 1.54) is 0 Å². The third-order valence-corrected chi connectivity index (χ3v) is 6.14. The van der Waals surface area contributed by atoms with E-state index in [1.54, 1.807) is 24.9 Å². The number of amides is 1. The predicted molar refractivity (Wildman–Crippen MR) is 136 cm³/mol. The molecule has 0 N–H and O–H groups in total. The highest BCUT2D eigenvalue weighted by molar-refractivity contribution is 5.83. The van der Waals surface area contributed by atoms with Gasteiger partial charge in [-0.3, -0.25) is 9.78 Å². The van der Waals surface area contributed by atoms with Crippen molar-refractivity contribution in [3.63, 3.8) is 0 Å². The topological polar surface area (TPSA) is 98.5 Å². The standard InChI is InChI=1S/C26H29N7O3/c1-31(2)20-5-3-19(4-6-20)22-15-23-25(29-9-8-28-23)26(30-22)36-17-21-16-33(13-14-35-21)24(34)7-11-32-12-10-27-18-32/h3-6,8-10,12,15,18,21H,7,11,13-14,16-17H2,1-2H3. The van der Waals surface area contributed by atoms with E-state index in [4.69, 9.17) is 14.5 Å². The van der Waals surface area contributed by atoms with Crippen molar-refractivity contribution >= 4 is 22.6 Å². The first-order chi connectivity index (χ1) is 17.6. The molecule has 1 aliphatic heterocycles. The molecule has 1 aliphatic rings. The van der Waals surface area contributed by atoms with Crippen LogP contribution in [0.2, 0.25) is 0 Å². The molecule has 186 valence electrons. The van der Waals surface area contributed by atoms with Gasteiger partial charge >= 0.3 is 0 Å². The van der Waals surface area contributed by atoms with Crippen molar-refractivity contribution in [2.24, 2.45) is 0 Å². The smallest absolute Gasteiger partial charge is 0.242 e. The molecule has 0 aliphatic carbocycles. The largest absolute Gasteiger partial charge is 0.473 e. The predicted octanol–water partition coefficient (Wildman–Crippen LogP) is 2.65. The Hall–Kier alpha value is -4.05. The summed E-state index contributed by atoms with van der Waals surface area (Å²) in [6.07, 6.45) is 8.72. The van der Waals surface area contributed by atoms with Gasteiger partial charge in [-0.15, -0.1) is 0 Å². The summed E-state index contributed by atoms with van der Waals surface area (Å²) < 4.78 is 13.9. The molecular weight excluding hydrogens is 458 g/mol. The van der Waals surface area contributed by atoms with Crippen molar-refractivity contribution in [2.45, 2.75) is 19.1 Å². The van der Waals surface area contributed by atoms with Crippen molar-refractivity contribution in [1.29, 1.82) is 0 Å². The number of hydrogen-bond acceptors (Lipinski definition) is 8. The number of benzene rings is 1. The van der Waals surface area contributed by atoms with Crippen molar-refractivity contribution in [3.05, 3.63) is 61.4 Å². The number of nitrogens with zero attached hydrogens (tertiary/aromatic N) is 7. The lowest BCUT2D eigenvalue weighted by Gasteiger charge is -2.33. The van der Waals surface area contributed by atoms with Crippen LogP contribution in [0.5, 0.6) is 5.88 Å². The van der Waals surface area contributed by atoms with Crippen molar-refractivity contribution in [2.75, 3.05) is 45.3 Å². The molecule has 36 heavy (non-hydrogen) atoms. The van der Waals surface area contributed by atoms with Gasteiger partial charge in [0.2, 0.25) is 11.8 Å². The average molecular weight is 488 g/mol. The molecule has 3 aromatic heterocycles. The molecule has 10 nitrogen and oxygen atoms in total. The van der Waals surface area contributed by atoms with E-state index in [-0.39, 0.29) is 18.6 Å². The fraction of sp³-hybridized carbons (Fsp3) is 0.346.